The highest BCUT2D eigenvalue weighted by atomic mass is 19.4. The van der Waals surface area contributed by atoms with Gasteiger partial charge in [0.05, 0.1) is 11.5 Å². The van der Waals surface area contributed by atoms with Gasteiger partial charge in [0.15, 0.2) is 0 Å². The number of likely N-dealkylation sites (tertiary alicyclic amines) is 1. The minimum atomic E-state index is -5.01. The number of hydrogen-bond acceptors (Lipinski definition) is 2. The van der Waals surface area contributed by atoms with Crippen LogP contribution in [0.2, 0.25) is 0 Å². The van der Waals surface area contributed by atoms with Crippen LogP contribution in [0.25, 0.3) is 0 Å². The lowest BCUT2D eigenvalue weighted by Crippen LogP contribution is -2.48. The Morgan fingerprint density at radius 3 is 2.16 bits per heavy atom. The summed E-state index contributed by atoms with van der Waals surface area (Å²) in [5, 5.41) is 2.36. The normalized spacial score (nSPS) is 18.8. The molecule has 1 aliphatic heterocycles. The highest BCUT2D eigenvalue weighted by molar-refractivity contribution is 5.93. The van der Waals surface area contributed by atoms with Crippen molar-refractivity contribution in [3.63, 3.8) is 0 Å². The number of alkyl halides is 6. The summed E-state index contributed by atoms with van der Waals surface area (Å²) in [6.45, 7) is -0.479. The lowest BCUT2D eigenvalue weighted by molar-refractivity contribution is -0.187. The summed E-state index contributed by atoms with van der Waals surface area (Å²) in [5.74, 6) is -3.50. The molecule has 1 atom stereocenters. The van der Waals surface area contributed by atoms with Crippen molar-refractivity contribution in [3.8, 4) is 0 Å². The SMILES string of the molecule is O=C(Nc1ccc(C(F)(F)F)cc1)C1CCCN(C(=O)C(F)(F)F)C1. The van der Waals surface area contributed by atoms with Crippen molar-refractivity contribution in [1.82, 2.24) is 4.90 Å². The average Bonchev–Trinajstić information content (AvgIpc) is 2.53. The first-order valence-electron chi connectivity index (χ1n) is 7.32. The van der Waals surface area contributed by atoms with E-state index in [4.69, 9.17) is 0 Å². The Morgan fingerprint density at radius 2 is 1.64 bits per heavy atom. The second-order valence-electron chi connectivity index (χ2n) is 5.65. The molecule has 1 unspecified atom stereocenters. The predicted molar refractivity (Wildman–Crippen MR) is 75.4 cm³/mol. The number of hydrogen-bond donors (Lipinski definition) is 1. The molecule has 1 aliphatic rings. The van der Waals surface area contributed by atoms with Crippen LogP contribution in [-0.4, -0.2) is 36.0 Å². The highest BCUT2D eigenvalue weighted by Crippen LogP contribution is 2.30. The van der Waals surface area contributed by atoms with E-state index in [9.17, 15) is 35.9 Å². The fourth-order valence-corrected chi connectivity index (χ4v) is 2.54. The van der Waals surface area contributed by atoms with Gasteiger partial charge in [0.2, 0.25) is 5.91 Å². The molecule has 1 aromatic carbocycles. The zero-order chi connectivity index (χ0) is 18.8. The zero-order valence-corrected chi connectivity index (χ0v) is 12.7. The predicted octanol–water partition coefficient (Wildman–Crippen LogP) is 3.44. The van der Waals surface area contributed by atoms with E-state index in [-0.39, 0.29) is 31.6 Å². The fraction of sp³-hybridized carbons (Fsp3) is 0.467. The lowest BCUT2D eigenvalue weighted by atomic mass is 9.97. The van der Waals surface area contributed by atoms with Crippen molar-refractivity contribution in [3.05, 3.63) is 29.8 Å². The first-order chi connectivity index (χ1) is 11.5. The number of halogens is 6. The summed E-state index contributed by atoms with van der Waals surface area (Å²) in [5.41, 5.74) is -0.789. The number of benzene rings is 1. The molecule has 2 rings (SSSR count). The maximum Gasteiger partial charge on any atom is 0.471 e. The van der Waals surface area contributed by atoms with Gasteiger partial charge >= 0.3 is 18.3 Å². The molecule has 0 radical (unpaired) electrons. The van der Waals surface area contributed by atoms with E-state index in [1.54, 1.807) is 0 Å². The summed E-state index contributed by atoms with van der Waals surface area (Å²) < 4.78 is 74.8. The Labute approximate surface area is 138 Å². The molecule has 0 saturated carbocycles. The molecular weight excluding hydrogens is 354 g/mol. The van der Waals surface area contributed by atoms with Crippen LogP contribution in [0.5, 0.6) is 0 Å². The monoisotopic (exact) mass is 368 g/mol. The van der Waals surface area contributed by atoms with Gasteiger partial charge in [-0.3, -0.25) is 9.59 Å². The van der Waals surface area contributed by atoms with E-state index in [0.717, 1.165) is 24.3 Å². The summed E-state index contributed by atoms with van der Waals surface area (Å²) in [4.78, 5) is 23.9. The van der Waals surface area contributed by atoms with Gasteiger partial charge in [0.25, 0.3) is 0 Å². The number of piperidine rings is 1. The largest absolute Gasteiger partial charge is 0.471 e. The van der Waals surface area contributed by atoms with E-state index in [1.165, 1.54) is 0 Å². The standard InChI is InChI=1S/C15H14F6N2O2/c16-14(17,18)10-3-5-11(6-4-10)22-12(24)9-2-1-7-23(8-9)13(25)15(19,20)21/h3-6,9H,1-2,7-8H2,(H,22,24). The van der Waals surface area contributed by atoms with E-state index < -0.39 is 35.6 Å². The average molecular weight is 368 g/mol. The molecule has 2 amide bonds. The summed E-state index contributed by atoms with van der Waals surface area (Å²) >= 11 is 0. The van der Waals surface area contributed by atoms with Gasteiger partial charge in [-0.05, 0) is 37.1 Å². The quantitative estimate of drug-likeness (QED) is 0.813. The molecule has 0 aliphatic carbocycles. The van der Waals surface area contributed by atoms with Gasteiger partial charge in [-0.1, -0.05) is 0 Å². The molecule has 25 heavy (non-hydrogen) atoms. The fourth-order valence-electron chi connectivity index (χ4n) is 2.54. The highest BCUT2D eigenvalue weighted by Gasteiger charge is 2.44. The first kappa shape index (κ1) is 19.1. The van der Waals surface area contributed by atoms with E-state index >= 15 is 0 Å². The Morgan fingerprint density at radius 1 is 1.04 bits per heavy atom. The maximum atomic E-state index is 12.5. The number of carbonyl (C=O) groups excluding carboxylic acids is 2. The molecule has 138 valence electrons. The molecule has 1 N–H and O–H groups in total. The van der Waals surface area contributed by atoms with Crippen LogP contribution < -0.4 is 5.32 Å². The number of amides is 2. The molecule has 1 heterocycles. The van der Waals surface area contributed by atoms with Crippen LogP contribution >= 0.6 is 0 Å². The van der Waals surface area contributed by atoms with Crippen molar-refractivity contribution in [2.24, 2.45) is 5.92 Å². The second kappa shape index (κ2) is 6.93. The van der Waals surface area contributed by atoms with Gasteiger partial charge in [-0.2, -0.15) is 26.3 Å². The third-order valence-electron chi connectivity index (χ3n) is 3.80. The van der Waals surface area contributed by atoms with Crippen molar-refractivity contribution in [1.29, 1.82) is 0 Å². The zero-order valence-electron chi connectivity index (χ0n) is 12.7. The summed E-state index contributed by atoms with van der Waals surface area (Å²) in [6, 6.07) is 3.69. The minimum Gasteiger partial charge on any atom is -0.334 e. The number of anilines is 1. The van der Waals surface area contributed by atoms with Crippen molar-refractivity contribution < 1.29 is 35.9 Å². The number of nitrogens with zero attached hydrogens (tertiary/aromatic N) is 1. The van der Waals surface area contributed by atoms with Crippen molar-refractivity contribution in [2.45, 2.75) is 25.2 Å². The van der Waals surface area contributed by atoms with Crippen LogP contribution in [-0.2, 0) is 15.8 Å². The van der Waals surface area contributed by atoms with Gasteiger partial charge < -0.3 is 10.2 Å². The smallest absolute Gasteiger partial charge is 0.334 e. The van der Waals surface area contributed by atoms with Crippen LogP contribution in [0, 0.1) is 5.92 Å². The topological polar surface area (TPSA) is 49.4 Å². The molecule has 0 bridgehead atoms. The van der Waals surface area contributed by atoms with E-state index in [2.05, 4.69) is 5.32 Å². The van der Waals surface area contributed by atoms with Crippen LogP contribution in [0.1, 0.15) is 18.4 Å². The molecular formula is C15H14F6N2O2. The Hall–Kier alpha value is -2.26. The number of nitrogens with one attached hydrogen (secondary N) is 1. The molecule has 10 heteroatoms. The molecule has 0 aromatic heterocycles. The maximum absolute atomic E-state index is 12.5. The van der Waals surface area contributed by atoms with Crippen molar-refractivity contribution >= 4 is 17.5 Å². The molecule has 1 fully saturated rings. The second-order valence-corrected chi connectivity index (χ2v) is 5.65. The molecule has 1 aromatic rings. The minimum absolute atomic E-state index is 0.0947. The van der Waals surface area contributed by atoms with Crippen molar-refractivity contribution in [2.75, 3.05) is 18.4 Å². The number of rotatable bonds is 2. The van der Waals surface area contributed by atoms with Gasteiger partial charge in [-0.15, -0.1) is 0 Å². The molecule has 0 spiro atoms. The van der Waals surface area contributed by atoms with Crippen LogP contribution in [0.4, 0.5) is 32.0 Å². The third kappa shape index (κ3) is 4.86. The van der Waals surface area contributed by atoms with Gasteiger partial charge in [-0.25, -0.2) is 0 Å². The number of carbonyl (C=O) groups is 2. The first-order valence-corrected chi connectivity index (χ1v) is 7.32. The van der Waals surface area contributed by atoms with Gasteiger partial charge in [0, 0.05) is 18.8 Å². The van der Waals surface area contributed by atoms with E-state index in [1.807, 2.05) is 0 Å². The third-order valence-corrected chi connectivity index (χ3v) is 3.80. The Balaban J connectivity index is 1.99. The van der Waals surface area contributed by atoms with E-state index in [0.29, 0.717) is 4.90 Å². The van der Waals surface area contributed by atoms with Crippen LogP contribution in [0.3, 0.4) is 0 Å². The Bertz CT molecular complexity index is 639. The Kier molecular flexibility index (Phi) is 5.28. The molecule has 4 nitrogen and oxygen atoms in total. The van der Waals surface area contributed by atoms with Gasteiger partial charge in [0.1, 0.15) is 0 Å². The summed E-state index contributed by atoms with van der Waals surface area (Å²) in [7, 11) is 0. The molecule has 1 saturated heterocycles. The summed E-state index contributed by atoms with van der Waals surface area (Å²) in [6.07, 6.45) is -9.00. The van der Waals surface area contributed by atoms with Crippen LogP contribution in [0.15, 0.2) is 24.3 Å². The lowest BCUT2D eigenvalue weighted by Gasteiger charge is -2.32.